The molecule has 1 aromatic rings. The van der Waals surface area contributed by atoms with Crippen molar-refractivity contribution in [3.05, 3.63) is 22.4 Å². The van der Waals surface area contributed by atoms with Crippen LogP contribution < -0.4 is 11.1 Å². The van der Waals surface area contributed by atoms with Crippen molar-refractivity contribution < 1.29 is 4.79 Å². The molecule has 100 valence electrons. The molecular weight excluding hydrogens is 244 g/mol. The zero-order chi connectivity index (χ0) is 13.0. The highest BCUT2D eigenvalue weighted by molar-refractivity contribution is 7.10. The molecule has 1 amide bonds. The molecule has 1 heterocycles. The lowest BCUT2D eigenvalue weighted by molar-refractivity contribution is -0.126. The van der Waals surface area contributed by atoms with Gasteiger partial charge in [0.2, 0.25) is 5.91 Å². The van der Waals surface area contributed by atoms with Crippen LogP contribution in [0.25, 0.3) is 0 Å². The maximum atomic E-state index is 12.3. The van der Waals surface area contributed by atoms with Crippen LogP contribution in [0.1, 0.15) is 49.9 Å². The highest BCUT2D eigenvalue weighted by atomic mass is 32.1. The van der Waals surface area contributed by atoms with Gasteiger partial charge in [-0.05, 0) is 31.2 Å². The zero-order valence-corrected chi connectivity index (χ0v) is 11.7. The second-order valence-corrected chi connectivity index (χ2v) is 6.13. The predicted octanol–water partition coefficient (Wildman–Crippen LogP) is 2.83. The average Bonchev–Trinajstić information content (AvgIpc) is 2.79. The summed E-state index contributed by atoms with van der Waals surface area (Å²) in [5.74, 6) is 0.125. The van der Waals surface area contributed by atoms with Crippen LogP contribution in [0.5, 0.6) is 0 Å². The minimum atomic E-state index is -0.00471. The van der Waals surface area contributed by atoms with Gasteiger partial charge < -0.3 is 11.1 Å². The van der Waals surface area contributed by atoms with Gasteiger partial charge in [-0.25, -0.2) is 0 Å². The first-order valence-corrected chi connectivity index (χ1v) is 7.66. The van der Waals surface area contributed by atoms with Crippen LogP contribution in [-0.4, -0.2) is 11.9 Å². The third kappa shape index (κ3) is 3.33. The number of carbonyl (C=O) groups excluding carboxylic acids is 1. The number of carbonyl (C=O) groups is 1. The molecule has 4 heteroatoms. The molecule has 3 nitrogen and oxygen atoms in total. The molecule has 1 aliphatic rings. The van der Waals surface area contributed by atoms with Gasteiger partial charge in [0.15, 0.2) is 0 Å². The zero-order valence-electron chi connectivity index (χ0n) is 10.9. The fourth-order valence-electron chi connectivity index (χ4n) is 2.59. The summed E-state index contributed by atoms with van der Waals surface area (Å²) in [4.78, 5) is 13.5. The van der Waals surface area contributed by atoms with Crippen molar-refractivity contribution in [3.63, 3.8) is 0 Å². The van der Waals surface area contributed by atoms with E-state index < -0.39 is 0 Å². The smallest absolute Gasteiger partial charge is 0.225 e. The Balaban J connectivity index is 1.94. The summed E-state index contributed by atoms with van der Waals surface area (Å²) in [6, 6.07) is 4.19. The fourth-order valence-corrected chi connectivity index (χ4v) is 3.33. The Morgan fingerprint density at radius 2 is 2.22 bits per heavy atom. The van der Waals surface area contributed by atoms with E-state index in [1.165, 1.54) is 11.3 Å². The van der Waals surface area contributed by atoms with Crippen molar-refractivity contribution >= 4 is 17.2 Å². The van der Waals surface area contributed by atoms with Gasteiger partial charge in [0.1, 0.15) is 0 Å². The normalized spacial score (nSPS) is 26.3. The Morgan fingerprint density at radius 3 is 2.94 bits per heavy atom. The van der Waals surface area contributed by atoms with Crippen molar-refractivity contribution in [1.29, 1.82) is 0 Å². The van der Waals surface area contributed by atoms with Gasteiger partial charge in [-0.3, -0.25) is 4.79 Å². The Hall–Kier alpha value is -0.870. The van der Waals surface area contributed by atoms with Crippen LogP contribution in [0.4, 0.5) is 0 Å². The van der Waals surface area contributed by atoms with E-state index >= 15 is 0 Å². The molecule has 0 radical (unpaired) electrons. The summed E-state index contributed by atoms with van der Waals surface area (Å²) in [6.07, 6.45) is 5.40. The molecule has 18 heavy (non-hydrogen) atoms. The Bertz CT molecular complexity index is 377. The van der Waals surface area contributed by atoms with Crippen molar-refractivity contribution in [2.24, 2.45) is 11.7 Å². The van der Waals surface area contributed by atoms with Gasteiger partial charge in [-0.1, -0.05) is 25.3 Å². The number of thiophene rings is 1. The van der Waals surface area contributed by atoms with E-state index in [-0.39, 0.29) is 23.9 Å². The van der Waals surface area contributed by atoms with Crippen molar-refractivity contribution in [3.8, 4) is 0 Å². The highest BCUT2D eigenvalue weighted by Crippen LogP contribution is 2.24. The largest absolute Gasteiger partial charge is 0.348 e. The third-order valence-corrected chi connectivity index (χ3v) is 4.79. The lowest BCUT2D eigenvalue weighted by atomic mass is 9.94. The minimum Gasteiger partial charge on any atom is -0.348 e. The van der Waals surface area contributed by atoms with E-state index in [0.29, 0.717) is 0 Å². The van der Waals surface area contributed by atoms with E-state index in [1.807, 2.05) is 18.4 Å². The first-order valence-electron chi connectivity index (χ1n) is 6.78. The number of rotatable bonds is 3. The molecule has 2 rings (SSSR count). The summed E-state index contributed by atoms with van der Waals surface area (Å²) >= 11 is 1.68. The van der Waals surface area contributed by atoms with Crippen LogP contribution in [0.3, 0.4) is 0 Å². The first-order chi connectivity index (χ1) is 8.68. The van der Waals surface area contributed by atoms with Gasteiger partial charge >= 0.3 is 0 Å². The van der Waals surface area contributed by atoms with E-state index in [9.17, 15) is 4.79 Å². The van der Waals surface area contributed by atoms with Crippen LogP contribution in [0.2, 0.25) is 0 Å². The SMILES string of the molecule is C[C@@H](NC(=O)C1CCCCCC1N)c1cccs1. The van der Waals surface area contributed by atoms with Gasteiger partial charge in [-0.2, -0.15) is 0 Å². The standard InChI is InChI=1S/C14H22N2OS/c1-10(13-8-5-9-18-13)16-14(17)11-6-3-2-4-7-12(11)15/h5,8-12H,2-4,6-7,15H2,1H3,(H,16,17)/t10-,11?,12?/m1/s1. The van der Waals surface area contributed by atoms with Crippen molar-refractivity contribution in [2.75, 3.05) is 0 Å². The molecule has 0 saturated heterocycles. The lowest BCUT2D eigenvalue weighted by Gasteiger charge is -2.22. The van der Waals surface area contributed by atoms with E-state index in [4.69, 9.17) is 5.73 Å². The topological polar surface area (TPSA) is 55.1 Å². The van der Waals surface area contributed by atoms with Crippen LogP contribution in [-0.2, 0) is 4.79 Å². The molecule has 0 bridgehead atoms. The van der Waals surface area contributed by atoms with Crippen LogP contribution in [0.15, 0.2) is 17.5 Å². The number of nitrogens with one attached hydrogen (secondary N) is 1. The lowest BCUT2D eigenvalue weighted by Crippen LogP contribution is -2.42. The Kier molecular flexibility index (Phi) is 4.78. The van der Waals surface area contributed by atoms with E-state index in [2.05, 4.69) is 11.4 Å². The molecule has 1 fully saturated rings. The van der Waals surface area contributed by atoms with E-state index in [1.54, 1.807) is 11.3 Å². The Labute approximate surface area is 113 Å². The molecule has 0 aromatic carbocycles. The fraction of sp³-hybridized carbons (Fsp3) is 0.643. The second-order valence-electron chi connectivity index (χ2n) is 5.15. The van der Waals surface area contributed by atoms with Crippen molar-refractivity contribution in [2.45, 2.75) is 51.1 Å². The van der Waals surface area contributed by atoms with Gasteiger partial charge in [0.05, 0.1) is 12.0 Å². The van der Waals surface area contributed by atoms with Crippen LogP contribution >= 0.6 is 11.3 Å². The number of nitrogens with two attached hydrogens (primary N) is 1. The average molecular weight is 266 g/mol. The quantitative estimate of drug-likeness (QED) is 0.827. The monoisotopic (exact) mass is 266 g/mol. The van der Waals surface area contributed by atoms with Gasteiger partial charge in [-0.15, -0.1) is 11.3 Å². The maximum Gasteiger partial charge on any atom is 0.225 e. The maximum absolute atomic E-state index is 12.3. The summed E-state index contributed by atoms with van der Waals surface area (Å²) in [5, 5.41) is 5.14. The summed E-state index contributed by atoms with van der Waals surface area (Å²) in [6.45, 7) is 2.03. The first kappa shape index (κ1) is 13.6. The second kappa shape index (κ2) is 6.34. The van der Waals surface area contributed by atoms with E-state index in [0.717, 1.165) is 25.7 Å². The summed E-state index contributed by atoms with van der Waals surface area (Å²) in [7, 11) is 0. The molecule has 0 spiro atoms. The summed E-state index contributed by atoms with van der Waals surface area (Å²) < 4.78 is 0. The predicted molar refractivity (Wildman–Crippen MR) is 75.4 cm³/mol. The molecule has 1 aromatic heterocycles. The van der Waals surface area contributed by atoms with Crippen LogP contribution in [0, 0.1) is 5.92 Å². The number of amides is 1. The molecule has 1 saturated carbocycles. The molecule has 3 N–H and O–H groups in total. The molecular formula is C14H22N2OS. The number of hydrogen-bond donors (Lipinski definition) is 2. The van der Waals surface area contributed by atoms with Gasteiger partial charge in [0, 0.05) is 10.9 Å². The number of hydrogen-bond acceptors (Lipinski definition) is 3. The highest BCUT2D eigenvalue weighted by Gasteiger charge is 2.27. The van der Waals surface area contributed by atoms with Crippen molar-refractivity contribution in [1.82, 2.24) is 5.32 Å². The molecule has 0 aliphatic heterocycles. The minimum absolute atomic E-state index is 0.00471. The molecule has 1 aliphatic carbocycles. The molecule has 3 atom stereocenters. The molecule has 2 unspecified atom stereocenters. The van der Waals surface area contributed by atoms with Gasteiger partial charge in [0.25, 0.3) is 0 Å². The third-order valence-electron chi connectivity index (χ3n) is 3.73. The summed E-state index contributed by atoms with van der Waals surface area (Å²) in [5.41, 5.74) is 6.12. The Morgan fingerprint density at radius 1 is 1.44 bits per heavy atom.